The number of aliphatic hydroxyl groups is 1. The highest BCUT2D eigenvalue weighted by Gasteiger charge is 2.22. The molecule has 1 aromatic rings. The van der Waals surface area contributed by atoms with Crippen molar-refractivity contribution < 1.29 is 5.11 Å². The molecule has 16 heavy (non-hydrogen) atoms. The lowest BCUT2D eigenvalue weighted by atomic mass is 9.82. The fraction of sp³-hybridized carbons (Fsp3) is 0.571. The number of hydrogen-bond acceptors (Lipinski definition) is 2. The standard InChI is InChI=1S/C14H21NO/c1-15(2)14-6-4-3-5-13(14)11-7-9-12(16)10-8-11/h3-6,11-12,16H,7-10H2,1-2H3. The molecule has 0 spiro atoms. The second-order valence-corrected chi connectivity index (χ2v) is 4.96. The van der Waals surface area contributed by atoms with Gasteiger partial charge in [-0.25, -0.2) is 0 Å². The second kappa shape index (κ2) is 4.88. The van der Waals surface area contributed by atoms with E-state index in [2.05, 4.69) is 43.3 Å². The van der Waals surface area contributed by atoms with Crippen molar-refractivity contribution in [2.24, 2.45) is 0 Å². The molecule has 0 atom stereocenters. The fourth-order valence-electron chi connectivity index (χ4n) is 2.63. The van der Waals surface area contributed by atoms with Crippen LogP contribution in [0.15, 0.2) is 24.3 Å². The largest absolute Gasteiger partial charge is 0.393 e. The van der Waals surface area contributed by atoms with Crippen LogP contribution >= 0.6 is 0 Å². The molecule has 0 saturated heterocycles. The molecular weight excluding hydrogens is 198 g/mol. The smallest absolute Gasteiger partial charge is 0.0540 e. The summed E-state index contributed by atoms with van der Waals surface area (Å²) in [5.41, 5.74) is 2.77. The Labute approximate surface area is 97.9 Å². The molecule has 0 aromatic heterocycles. The van der Waals surface area contributed by atoms with Crippen molar-refractivity contribution in [2.45, 2.75) is 37.7 Å². The Hall–Kier alpha value is -1.02. The summed E-state index contributed by atoms with van der Waals surface area (Å²) < 4.78 is 0. The first-order chi connectivity index (χ1) is 7.68. The molecule has 0 aliphatic heterocycles. The van der Waals surface area contributed by atoms with Crippen molar-refractivity contribution in [2.75, 3.05) is 19.0 Å². The second-order valence-electron chi connectivity index (χ2n) is 4.96. The van der Waals surface area contributed by atoms with E-state index in [-0.39, 0.29) is 6.10 Å². The van der Waals surface area contributed by atoms with Crippen LogP contribution in [0.4, 0.5) is 5.69 Å². The fourth-order valence-corrected chi connectivity index (χ4v) is 2.63. The van der Waals surface area contributed by atoms with Gasteiger partial charge in [0, 0.05) is 19.8 Å². The third-order valence-corrected chi connectivity index (χ3v) is 3.56. The summed E-state index contributed by atoms with van der Waals surface area (Å²) in [6.45, 7) is 0. The van der Waals surface area contributed by atoms with Crippen LogP contribution in [0.2, 0.25) is 0 Å². The summed E-state index contributed by atoms with van der Waals surface area (Å²) in [4.78, 5) is 2.18. The normalized spacial score (nSPS) is 25.4. The number of hydrogen-bond donors (Lipinski definition) is 1. The third-order valence-electron chi connectivity index (χ3n) is 3.56. The first-order valence-corrected chi connectivity index (χ1v) is 6.13. The van der Waals surface area contributed by atoms with E-state index in [1.54, 1.807) is 0 Å². The summed E-state index contributed by atoms with van der Waals surface area (Å²) in [6, 6.07) is 8.63. The maximum Gasteiger partial charge on any atom is 0.0540 e. The number of para-hydroxylation sites is 1. The molecule has 0 unspecified atom stereocenters. The molecule has 1 aliphatic rings. The van der Waals surface area contributed by atoms with E-state index >= 15 is 0 Å². The molecule has 0 radical (unpaired) electrons. The van der Waals surface area contributed by atoms with Crippen molar-refractivity contribution in [1.29, 1.82) is 0 Å². The molecule has 1 saturated carbocycles. The average molecular weight is 219 g/mol. The minimum atomic E-state index is -0.0669. The van der Waals surface area contributed by atoms with Crippen molar-refractivity contribution >= 4 is 5.69 Å². The zero-order valence-electron chi connectivity index (χ0n) is 10.2. The van der Waals surface area contributed by atoms with E-state index in [1.165, 1.54) is 11.3 Å². The summed E-state index contributed by atoms with van der Waals surface area (Å²) in [5.74, 6) is 0.627. The van der Waals surface area contributed by atoms with E-state index in [9.17, 15) is 5.11 Å². The summed E-state index contributed by atoms with van der Waals surface area (Å²) >= 11 is 0. The number of aliphatic hydroxyl groups excluding tert-OH is 1. The Morgan fingerprint density at radius 1 is 1.06 bits per heavy atom. The third kappa shape index (κ3) is 2.38. The van der Waals surface area contributed by atoms with E-state index < -0.39 is 0 Å². The van der Waals surface area contributed by atoms with Gasteiger partial charge in [-0.05, 0) is 43.2 Å². The van der Waals surface area contributed by atoms with Crippen LogP contribution in [0, 0.1) is 0 Å². The Bertz CT molecular complexity index is 340. The van der Waals surface area contributed by atoms with Crippen molar-refractivity contribution in [3.63, 3.8) is 0 Å². The van der Waals surface area contributed by atoms with Gasteiger partial charge in [-0.2, -0.15) is 0 Å². The van der Waals surface area contributed by atoms with Gasteiger partial charge in [0.25, 0.3) is 0 Å². The molecular formula is C14H21NO. The number of anilines is 1. The van der Waals surface area contributed by atoms with Gasteiger partial charge in [-0.15, -0.1) is 0 Å². The molecule has 2 heteroatoms. The lowest BCUT2D eigenvalue weighted by Gasteiger charge is -2.29. The van der Waals surface area contributed by atoms with Crippen molar-refractivity contribution in [3.8, 4) is 0 Å². The average Bonchev–Trinajstić information content (AvgIpc) is 2.30. The van der Waals surface area contributed by atoms with Gasteiger partial charge in [-0.3, -0.25) is 0 Å². The molecule has 1 N–H and O–H groups in total. The lowest BCUT2D eigenvalue weighted by Crippen LogP contribution is -2.19. The number of rotatable bonds is 2. The van der Waals surface area contributed by atoms with Gasteiger partial charge < -0.3 is 10.0 Å². The van der Waals surface area contributed by atoms with Gasteiger partial charge in [0.1, 0.15) is 0 Å². The van der Waals surface area contributed by atoms with Gasteiger partial charge in [-0.1, -0.05) is 18.2 Å². The van der Waals surface area contributed by atoms with Gasteiger partial charge in [0.15, 0.2) is 0 Å². The molecule has 88 valence electrons. The predicted octanol–water partition coefficient (Wildman–Crippen LogP) is 2.77. The molecule has 2 rings (SSSR count). The Morgan fingerprint density at radius 3 is 2.31 bits per heavy atom. The molecule has 2 nitrogen and oxygen atoms in total. The van der Waals surface area contributed by atoms with E-state index in [4.69, 9.17) is 0 Å². The van der Waals surface area contributed by atoms with E-state index in [0.29, 0.717) is 5.92 Å². The summed E-state index contributed by atoms with van der Waals surface area (Å²) in [6.07, 6.45) is 4.07. The van der Waals surface area contributed by atoms with E-state index in [1.807, 2.05) is 0 Å². The first kappa shape index (κ1) is 11.5. The van der Waals surface area contributed by atoms with Crippen LogP contribution in [-0.4, -0.2) is 25.3 Å². The lowest BCUT2D eigenvalue weighted by molar-refractivity contribution is 0.122. The summed E-state index contributed by atoms with van der Waals surface area (Å²) in [7, 11) is 4.19. The van der Waals surface area contributed by atoms with Gasteiger partial charge in [0.2, 0.25) is 0 Å². The first-order valence-electron chi connectivity index (χ1n) is 6.13. The minimum Gasteiger partial charge on any atom is -0.393 e. The Balaban J connectivity index is 2.19. The highest BCUT2D eigenvalue weighted by molar-refractivity contribution is 5.54. The maximum atomic E-state index is 9.54. The highest BCUT2D eigenvalue weighted by Crippen LogP contribution is 2.37. The zero-order chi connectivity index (χ0) is 11.5. The topological polar surface area (TPSA) is 23.5 Å². The van der Waals surface area contributed by atoms with Crippen LogP contribution in [0.3, 0.4) is 0 Å². The molecule has 0 amide bonds. The molecule has 0 heterocycles. The maximum absolute atomic E-state index is 9.54. The minimum absolute atomic E-state index is 0.0669. The van der Waals surface area contributed by atoms with Crippen LogP contribution < -0.4 is 4.90 Å². The van der Waals surface area contributed by atoms with Crippen LogP contribution in [0.1, 0.15) is 37.2 Å². The van der Waals surface area contributed by atoms with Crippen LogP contribution in [0.25, 0.3) is 0 Å². The quantitative estimate of drug-likeness (QED) is 0.826. The highest BCUT2D eigenvalue weighted by atomic mass is 16.3. The molecule has 1 aromatic carbocycles. The zero-order valence-corrected chi connectivity index (χ0v) is 10.2. The predicted molar refractivity (Wildman–Crippen MR) is 68.0 cm³/mol. The monoisotopic (exact) mass is 219 g/mol. The molecule has 0 bridgehead atoms. The summed E-state index contributed by atoms with van der Waals surface area (Å²) in [5, 5.41) is 9.54. The SMILES string of the molecule is CN(C)c1ccccc1C1CCC(O)CC1. The van der Waals surface area contributed by atoms with Gasteiger partial charge in [0.05, 0.1) is 6.10 Å². The molecule has 1 aliphatic carbocycles. The Morgan fingerprint density at radius 2 is 1.69 bits per heavy atom. The number of benzene rings is 1. The van der Waals surface area contributed by atoms with Crippen molar-refractivity contribution in [3.05, 3.63) is 29.8 Å². The number of nitrogens with zero attached hydrogens (tertiary/aromatic N) is 1. The van der Waals surface area contributed by atoms with Crippen LogP contribution in [-0.2, 0) is 0 Å². The molecule has 1 fully saturated rings. The van der Waals surface area contributed by atoms with E-state index in [0.717, 1.165) is 25.7 Å². The van der Waals surface area contributed by atoms with Gasteiger partial charge >= 0.3 is 0 Å². The van der Waals surface area contributed by atoms with Crippen molar-refractivity contribution in [1.82, 2.24) is 0 Å². The van der Waals surface area contributed by atoms with Crippen LogP contribution in [0.5, 0.6) is 0 Å². The Kier molecular flexibility index (Phi) is 3.49.